The van der Waals surface area contributed by atoms with Gasteiger partial charge in [0.25, 0.3) is 11.5 Å². The Hall–Kier alpha value is -1.40. The normalized spacial score (nSPS) is 24.8. The van der Waals surface area contributed by atoms with E-state index < -0.39 is 17.2 Å². The Bertz CT molecular complexity index is 470. The predicted molar refractivity (Wildman–Crippen MR) is 56.1 cm³/mol. The number of aromatic nitrogens is 2. The highest BCUT2D eigenvalue weighted by Gasteiger charge is 2.38. The molecule has 6 heteroatoms. The van der Waals surface area contributed by atoms with Gasteiger partial charge in [0.05, 0.1) is 6.61 Å². The van der Waals surface area contributed by atoms with Gasteiger partial charge in [0.1, 0.15) is 0 Å². The summed E-state index contributed by atoms with van der Waals surface area (Å²) in [6.45, 7) is 2.82. The fraction of sp³-hybridized carbons (Fsp3) is 0.600. The molecule has 0 spiro atoms. The molecule has 1 saturated heterocycles. The molecule has 1 unspecified atom stereocenters. The Kier molecular flexibility index (Phi) is 2.93. The van der Waals surface area contributed by atoms with Gasteiger partial charge < -0.3 is 9.47 Å². The van der Waals surface area contributed by atoms with Crippen molar-refractivity contribution in [3.63, 3.8) is 0 Å². The second-order valence-corrected chi connectivity index (χ2v) is 3.58. The minimum absolute atomic E-state index is 0.425. The lowest BCUT2D eigenvalue weighted by atomic mass is 10.3. The van der Waals surface area contributed by atoms with Crippen LogP contribution >= 0.6 is 0 Å². The molecule has 2 heterocycles. The molecule has 2 rings (SSSR count). The first-order chi connectivity index (χ1) is 7.68. The summed E-state index contributed by atoms with van der Waals surface area (Å²) in [5.41, 5.74) is -0.936. The summed E-state index contributed by atoms with van der Waals surface area (Å²) < 4.78 is 12.3. The molecule has 1 aliphatic rings. The Morgan fingerprint density at radius 2 is 2.44 bits per heavy atom. The second kappa shape index (κ2) is 4.23. The van der Waals surface area contributed by atoms with Crippen molar-refractivity contribution in [3.05, 3.63) is 33.1 Å². The van der Waals surface area contributed by atoms with E-state index in [0.29, 0.717) is 19.6 Å². The molecule has 0 aliphatic carbocycles. The molecule has 88 valence electrons. The van der Waals surface area contributed by atoms with Crippen molar-refractivity contribution in [3.8, 4) is 0 Å². The van der Waals surface area contributed by atoms with Crippen LogP contribution in [0.2, 0.25) is 0 Å². The predicted octanol–water partition coefficient (Wildman–Crippen LogP) is -0.00620. The summed E-state index contributed by atoms with van der Waals surface area (Å²) in [6, 6.07) is 1.28. The lowest BCUT2D eigenvalue weighted by Crippen LogP contribution is -2.45. The van der Waals surface area contributed by atoms with Gasteiger partial charge in [-0.2, -0.15) is 0 Å². The van der Waals surface area contributed by atoms with Gasteiger partial charge in [-0.25, -0.2) is 9.36 Å². The van der Waals surface area contributed by atoms with Gasteiger partial charge in [0.2, 0.25) is 0 Å². The van der Waals surface area contributed by atoms with Crippen molar-refractivity contribution in [2.75, 3.05) is 13.2 Å². The fourth-order valence-electron chi connectivity index (χ4n) is 1.88. The molecular formula is C10H14N2O4. The minimum Gasteiger partial charge on any atom is -0.333 e. The molecular weight excluding hydrogens is 212 g/mol. The highest BCUT2D eigenvalue weighted by atomic mass is 16.7. The van der Waals surface area contributed by atoms with Crippen LogP contribution in [0.15, 0.2) is 21.9 Å². The smallest absolute Gasteiger partial charge is 0.332 e. The van der Waals surface area contributed by atoms with E-state index in [0.717, 1.165) is 6.42 Å². The molecule has 1 aromatic rings. The van der Waals surface area contributed by atoms with E-state index in [9.17, 15) is 9.59 Å². The third-order valence-electron chi connectivity index (χ3n) is 2.53. The quantitative estimate of drug-likeness (QED) is 0.787. The SMILES string of the molecule is CCOC1(n2ccc(=O)[nH]c2=O)CCCO1. The van der Waals surface area contributed by atoms with Gasteiger partial charge in [-0.15, -0.1) is 0 Å². The van der Waals surface area contributed by atoms with Crippen LogP contribution in [0.1, 0.15) is 19.8 Å². The van der Waals surface area contributed by atoms with Crippen LogP contribution in [-0.2, 0) is 15.4 Å². The molecule has 0 amide bonds. The average molecular weight is 226 g/mol. The summed E-state index contributed by atoms with van der Waals surface area (Å²) in [4.78, 5) is 24.8. The topological polar surface area (TPSA) is 73.3 Å². The summed E-state index contributed by atoms with van der Waals surface area (Å²) in [6.07, 6.45) is 2.83. The second-order valence-electron chi connectivity index (χ2n) is 3.58. The number of rotatable bonds is 3. The molecule has 0 aromatic carbocycles. The van der Waals surface area contributed by atoms with Gasteiger partial charge in [0.15, 0.2) is 0 Å². The van der Waals surface area contributed by atoms with E-state index in [2.05, 4.69) is 4.98 Å². The first-order valence-electron chi connectivity index (χ1n) is 5.28. The summed E-state index contributed by atoms with van der Waals surface area (Å²) in [5.74, 6) is -1.05. The number of nitrogens with zero attached hydrogens (tertiary/aromatic N) is 1. The van der Waals surface area contributed by atoms with Crippen LogP contribution in [0.3, 0.4) is 0 Å². The van der Waals surface area contributed by atoms with Crippen molar-refractivity contribution >= 4 is 0 Å². The number of H-pyrrole nitrogens is 1. The van der Waals surface area contributed by atoms with Crippen LogP contribution in [0.4, 0.5) is 0 Å². The van der Waals surface area contributed by atoms with Crippen LogP contribution in [0.25, 0.3) is 0 Å². The standard InChI is InChI=1S/C10H14N2O4/c1-2-15-10(5-3-7-16-10)12-6-4-8(13)11-9(12)14/h4,6H,2-3,5,7H2,1H3,(H,11,13,14). The molecule has 0 radical (unpaired) electrons. The Labute approximate surface area is 91.8 Å². The molecule has 0 bridgehead atoms. The van der Waals surface area contributed by atoms with Crippen molar-refractivity contribution in [1.29, 1.82) is 0 Å². The average Bonchev–Trinajstić information content (AvgIpc) is 2.67. The lowest BCUT2D eigenvalue weighted by Gasteiger charge is -2.29. The maximum Gasteiger partial charge on any atom is 0.332 e. The van der Waals surface area contributed by atoms with Gasteiger partial charge in [-0.1, -0.05) is 0 Å². The van der Waals surface area contributed by atoms with E-state index >= 15 is 0 Å². The molecule has 16 heavy (non-hydrogen) atoms. The van der Waals surface area contributed by atoms with E-state index in [1.807, 2.05) is 6.92 Å². The zero-order valence-electron chi connectivity index (χ0n) is 9.06. The van der Waals surface area contributed by atoms with Gasteiger partial charge in [-0.05, 0) is 13.3 Å². The molecule has 1 atom stereocenters. The van der Waals surface area contributed by atoms with Crippen LogP contribution in [0, 0.1) is 0 Å². The zero-order valence-corrected chi connectivity index (χ0v) is 9.06. The van der Waals surface area contributed by atoms with Crippen LogP contribution < -0.4 is 11.2 Å². The first-order valence-corrected chi connectivity index (χ1v) is 5.28. The van der Waals surface area contributed by atoms with E-state index in [4.69, 9.17) is 9.47 Å². The summed E-state index contributed by atoms with van der Waals surface area (Å²) in [7, 11) is 0. The zero-order chi connectivity index (χ0) is 11.6. The maximum absolute atomic E-state index is 11.7. The Balaban J connectivity index is 2.47. The van der Waals surface area contributed by atoms with E-state index in [-0.39, 0.29) is 0 Å². The first kappa shape index (κ1) is 11.1. The lowest BCUT2D eigenvalue weighted by molar-refractivity contribution is -0.269. The van der Waals surface area contributed by atoms with Crippen LogP contribution in [0.5, 0.6) is 0 Å². The number of hydrogen-bond acceptors (Lipinski definition) is 4. The van der Waals surface area contributed by atoms with Gasteiger partial charge in [0, 0.05) is 25.3 Å². The third kappa shape index (κ3) is 1.81. The Morgan fingerprint density at radius 1 is 1.62 bits per heavy atom. The molecule has 0 saturated carbocycles. The van der Waals surface area contributed by atoms with Crippen molar-refractivity contribution in [1.82, 2.24) is 9.55 Å². The molecule has 1 aromatic heterocycles. The number of nitrogens with one attached hydrogen (secondary N) is 1. The molecule has 1 N–H and O–H groups in total. The van der Waals surface area contributed by atoms with Crippen molar-refractivity contribution < 1.29 is 9.47 Å². The van der Waals surface area contributed by atoms with Crippen LogP contribution in [-0.4, -0.2) is 22.8 Å². The van der Waals surface area contributed by atoms with E-state index in [1.54, 1.807) is 0 Å². The van der Waals surface area contributed by atoms with Crippen molar-refractivity contribution in [2.45, 2.75) is 25.7 Å². The highest BCUT2D eigenvalue weighted by molar-refractivity contribution is 4.87. The van der Waals surface area contributed by atoms with Gasteiger partial charge >= 0.3 is 5.69 Å². The van der Waals surface area contributed by atoms with E-state index in [1.165, 1.54) is 16.8 Å². The summed E-state index contributed by atoms with van der Waals surface area (Å²) in [5, 5.41) is 0. The summed E-state index contributed by atoms with van der Waals surface area (Å²) >= 11 is 0. The molecule has 6 nitrogen and oxygen atoms in total. The molecule has 1 fully saturated rings. The van der Waals surface area contributed by atoms with Crippen molar-refractivity contribution in [2.24, 2.45) is 0 Å². The number of ether oxygens (including phenoxy) is 2. The monoisotopic (exact) mass is 226 g/mol. The van der Waals surface area contributed by atoms with Gasteiger partial charge in [-0.3, -0.25) is 9.78 Å². The third-order valence-corrected chi connectivity index (χ3v) is 2.53. The molecule has 1 aliphatic heterocycles. The minimum atomic E-state index is -1.05. The largest absolute Gasteiger partial charge is 0.333 e. The Morgan fingerprint density at radius 3 is 3.00 bits per heavy atom. The maximum atomic E-state index is 11.7. The highest BCUT2D eigenvalue weighted by Crippen LogP contribution is 2.30. The number of aromatic amines is 1. The fourth-order valence-corrected chi connectivity index (χ4v) is 1.88. The number of hydrogen-bond donors (Lipinski definition) is 1.